The van der Waals surface area contributed by atoms with Gasteiger partial charge in [0.1, 0.15) is 17.8 Å². The van der Waals surface area contributed by atoms with Crippen LogP contribution in [0.1, 0.15) is 44.2 Å². The van der Waals surface area contributed by atoms with Crippen molar-refractivity contribution in [1.29, 1.82) is 0 Å². The van der Waals surface area contributed by atoms with Gasteiger partial charge in [0.15, 0.2) is 0 Å². The molecular formula is C18H20F3N3O4. The summed E-state index contributed by atoms with van der Waals surface area (Å²) in [6, 6.07) is 3.97. The molecule has 0 radical (unpaired) electrons. The average molecular weight is 399 g/mol. The lowest BCUT2D eigenvalue weighted by Crippen LogP contribution is -2.45. The van der Waals surface area contributed by atoms with Crippen LogP contribution in [0.4, 0.5) is 18.0 Å². The van der Waals surface area contributed by atoms with Crippen molar-refractivity contribution in [2.24, 2.45) is 0 Å². The molecule has 2 N–H and O–H groups in total. The number of halogens is 3. The standard InChI is InChI=1S/C18H20F3N3O4/c1-11(12-4-6-13(7-5-12)28-18(19,20)21)22-14(25)10-24-15(26)17(23-16(24)27)8-2-3-9-17/h4-7,11H,2-3,8-10H2,1H3,(H,22,25)(H,23,27). The van der Waals surface area contributed by atoms with E-state index in [0.717, 1.165) is 29.9 Å². The Morgan fingerprint density at radius 3 is 2.43 bits per heavy atom. The summed E-state index contributed by atoms with van der Waals surface area (Å²) in [7, 11) is 0. The first-order valence-corrected chi connectivity index (χ1v) is 8.89. The first-order valence-electron chi connectivity index (χ1n) is 8.89. The molecule has 2 aliphatic rings. The van der Waals surface area contributed by atoms with Crippen LogP contribution in [0.3, 0.4) is 0 Å². The number of hydrogen-bond acceptors (Lipinski definition) is 4. The molecule has 1 saturated heterocycles. The third-order valence-corrected chi connectivity index (χ3v) is 5.00. The smallest absolute Gasteiger partial charge is 0.406 e. The predicted octanol–water partition coefficient (Wildman–Crippen LogP) is 2.63. The number of ether oxygens (including phenoxy) is 1. The van der Waals surface area contributed by atoms with Crippen molar-refractivity contribution >= 4 is 17.8 Å². The van der Waals surface area contributed by atoms with Gasteiger partial charge in [0, 0.05) is 0 Å². The zero-order chi connectivity index (χ0) is 20.5. The van der Waals surface area contributed by atoms with Crippen molar-refractivity contribution in [3.63, 3.8) is 0 Å². The second-order valence-electron chi connectivity index (χ2n) is 7.02. The zero-order valence-electron chi connectivity index (χ0n) is 15.1. The van der Waals surface area contributed by atoms with E-state index in [-0.39, 0.29) is 11.7 Å². The minimum atomic E-state index is -4.78. The second kappa shape index (κ2) is 7.33. The molecule has 1 saturated carbocycles. The topological polar surface area (TPSA) is 87.7 Å². The molecule has 3 rings (SSSR count). The predicted molar refractivity (Wildman–Crippen MR) is 91.1 cm³/mol. The Balaban J connectivity index is 1.57. The van der Waals surface area contributed by atoms with Crippen LogP contribution in [0.15, 0.2) is 24.3 Å². The maximum atomic E-state index is 12.5. The number of alkyl halides is 3. The van der Waals surface area contributed by atoms with E-state index in [0.29, 0.717) is 18.4 Å². The summed E-state index contributed by atoms with van der Waals surface area (Å²) in [6.07, 6.45) is -1.95. The van der Waals surface area contributed by atoms with Crippen LogP contribution in [-0.4, -0.2) is 41.2 Å². The van der Waals surface area contributed by atoms with Crippen LogP contribution in [-0.2, 0) is 9.59 Å². The molecule has 1 spiro atoms. The lowest BCUT2D eigenvalue weighted by atomic mass is 9.98. The van der Waals surface area contributed by atoms with Crippen molar-refractivity contribution in [2.45, 2.75) is 50.6 Å². The lowest BCUT2D eigenvalue weighted by molar-refractivity contribution is -0.274. The number of amides is 4. The number of benzene rings is 1. The third kappa shape index (κ3) is 4.20. The van der Waals surface area contributed by atoms with Crippen LogP contribution in [0.2, 0.25) is 0 Å². The summed E-state index contributed by atoms with van der Waals surface area (Å²) in [5, 5.41) is 5.33. The van der Waals surface area contributed by atoms with Crippen molar-refractivity contribution in [2.75, 3.05) is 6.54 Å². The molecule has 10 heteroatoms. The molecular weight excluding hydrogens is 379 g/mol. The Morgan fingerprint density at radius 2 is 1.86 bits per heavy atom. The van der Waals surface area contributed by atoms with E-state index in [1.165, 1.54) is 12.1 Å². The van der Waals surface area contributed by atoms with Crippen molar-refractivity contribution in [3.8, 4) is 5.75 Å². The maximum absolute atomic E-state index is 12.5. The van der Waals surface area contributed by atoms with Crippen molar-refractivity contribution in [3.05, 3.63) is 29.8 Å². The molecule has 0 bridgehead atoms. The van der Waals surface area contributed by atoms with Crippen LogP contribution in [0, 0.1) is 0 Å². The molecule has 1 aromatic carbocycles. The fourth-order valence-corrected chi connectivity index (χ4v) is 3.61. The van der Waals surface area contributed by atoms with Gasteiger partial charge >= 0.3 is 12.4 Å². The monoisotopic (exact) mass is 399 g/mol. The molecule has 1 aromatic rings. The average Bonchev–Trinajstić information content (AvgIpc) is 3.15. The summed E-state index contributed by atoms with van der Waals surface area (Å²) < 4.78 is 40.4. The number of rotatable bonds is 5. The van der Waals surface area contributed by atoms with E-state index in [9.17, 15) is 27.6 Å². The number of hydrogen-bond donors (Lipinski definition) is 2. The van der Waals surface area contributed by atoms with Gasteiger partial charge in [-0.15, -0.1) is 13.2 Å². The Kier molecular flexibility index (Phi) is 5.22. The minimum absolute atomic E-state index is 0.365. The van der Waals surface area contributed by atoms with Gasteiger partial charge in [0.05, 0.1) is 6.04 Å². The van der Waals surface area contributed by atoms with E-state index in [4.69, 9.17) is 0 Å². The summed E-state index contributed by atoms with van der Waals surface area (Å²) in [5.41, 5.74) is -0.329. The maximum Gasteiger partial charge on any atom is 0.573 e. The fraction of sp³-hybridized carbons (Fsp3) is 0.500. The van der Waals surface area contributed by atoms with Crippen molar-refractivity contribution < 1.29 is 32.3 Å². The number of carbonyl (C=O) groups is 3. The van der Waals surface area contributed by atoms with Gasteiger partial charge < -0.3 is 15.4 Å². The molecule has 7 nitrogen and oxygen atoms in total. The molecule has 2 fully saturated rings. The van der Waals surface area contributed by atoms with Crippen LogP contribution in [0.5, 0.6) is 5.75 Å². The van der Waals surface area contributed by atoms with Crippen LogP contribution in [0.25, 0.3) is 0 Å². The molecule has 1 aliphatic carbocycles. The SMILES string of the molecule is CC(NC(=O)CN1C(=O)NC2(CCCC2)C1=O)c1ccc(OC(F)(F)F)cc1. The second-order valence-corrected chi connectivity index (χ2v) is 7.02. The quantitative estimate of drug-likeness (QED) is 0.746. The Bertz CT molecular complexity index is 773. The van der Waals surface area contributed by atoms with Gasteiger partial charge in [-0.1, -0.05) is 25.0 Å². The largest absolute Gasteiger partial charge is 0.573 e. The van der Waals surface area contributed by atoms with Gasteiger partial charge in [0.2, 0.25) is 5.91 Å². The molecule has 28 heavy (non-hydrogen) atoms. The van der Waals surface area contributed by atoms with Crippen molar-refractivity contribution in [1.82, 2.24) is 15.5 Å². The molecule has 1 unspecified atom stereocenters. The third-order valence-electron chi connectivity index (χ3n) is 5.00. The highest BCUT2D eigenvalue weighted by Crippen LogP contribution is 2.35. The first-order chi connectivity index (χ1) is 13.1. The number of nitrogens with one attached hydrogen (secondary N) is 2. The van der Waals surface area contributed by atoms with Crippen LogP contribution >= 0.6 is 0 Å². The fourth-order valence-electron chi connectivity index (χ4n) is 3.61. The highest BCUT2D eigenvalue weighted by Gasteiger charge is 2.52. The highest BCUT2D eigenvalue weighted by molar-refractivity contribution is 6.09. The first kappa shape index (κ1) is 20.0. The molecule has 1 atom stereocenters. The summed E-state index contributed by atoms with van der Waals surface area (Å²) >= 11 is 0. The number of nitrogens with zero attached hydrogens (tertiary/aromatic N) is 1. The van der Waals surface area contributed by atoms with E-state index < -0.39 is 36.4 Å². The van der Waals surface area contributed by atoms with Gasteiger partial charge in [-0.3, -0.25) is 14.5 Å². The number of imide groups is 1. The van der Waals surface area contributed by atoms with E-state index in [1.54, 1.807) is 6.92 Å². The van der Waals surface area contributed by atoms with Gasteiger partial charge in [0.25, 0.3) is 5.91 Å². The van der Waals surface area contributed by atoms with E-state index in [2.05, 4.69) is 15.4 Å². The van der Waals surface area contributed by atoms with Gasteiger partial charge in [-0.05, 0) is 37.5 Å². The molecule has 0 aromatic heterocycles. The molecule has 1 heterocycles. The molecule has 152 valence electrons. The number of urea groups is 1. The summed E-state index contributed by atoms with van der Waals surface area (Å²) in [5.74, 6) is -1.29. The lowest BCUT2D eigenvalue weighted by Gasteiger charge is -2.20. The Morgan fingerprint density at radius 1 is 1.25 bits per heavy atom. The highest BCUT2D eigenvalue weighted by atomic mass is 19.4. The molecule has 1 aliphatic heterocycles. The zero-order valence-corrected chi connectivity index (χ0v) is 15.1. The Hall–Kier alpha value is -2.78. The number of carbonyl (C=O) groups excluding carboxylic acids is 3. The normalized spacial score (nSPS) is 19.6. The van der Waals surface area contributed by atoms with E-state index in [1.807, 2.05) is 0 Å². The Labute approximate surface area is 159 Å². The minimum Gasteiger partial charge on any atom is -0.406 e. The summed E-state index contributed by atoms with van der Waals surface area (Å²) in [4.78, 5) is 37.8. The van der Waals surface area contributed by atoms with Crippen LogP contribution < -0.4 is 15.4 Å². The molecule has 4 amide bonds. The van der Waals surface area contributed by atoms with Gasteiger partial charge in [-0.25, -0.2) is 4.79 Å². The summed E-state index contributed by atoms with van der Waals surface area (Å²) in [6.45, 7) is 1.23. The van der Waals surface area contributed by atoms with E-state index >= 15 is 0 Å². The van der Waals surface area contributed by atoms with Gasteiger partial charge in [-0.2, -0.15) is 0 Å².